The first kappa shape index (κ1) is 16.3. The molecule has 0 radical (unpaired) electrons. The largest absolute Gasteiger partial charge is 0.506 e. The molecule has 3 nitrogen and oxygen atoms in total. The van der Waals surface area contributed by atoms with E-state index >= 15 is 0 Å². The van der Waals surface area contributed by atoms with Crippen molar-refractivity contribution in [3.05, 3.63) is 28.8 Å². The van der Waals surface area contributed by atoms with Crippen LogP contribution in [0, 0.1) is 5.41 Å². The van der Waals surface area contributed by atoms with Crippen LogP contribution in [0.5, 0.6) is 5.75 Å². The zero-order valence-corrected chi connectivity index (χ0v) is 13.7. The minimum atomic E-state index is -0.178. The summed E-state index contributed by atoms with van der Waals surface area (Å²) >= 11 is 9.21. The van der Waals surface area contributed by atoms with Crippen molar-refractivity contribution in [1.29, 1.82) is 0 Å². The quantitative estimate of drug-likeness (QED) is 0.809. The van der Waals surface area contributed by atoms with Crippen LogP contribution in [0.25, 0.3) is 0 Å². The molecule has 1 amide bonds. The summed E-state index contributed by atoms with van der Waals surface area (Å²) in [7, 11) is 0. The Bertz CT molecular complexity index is 457. The number of carbonyl (C=O) groups is 1. The Balaban J connectivity index is 2.84. The van der Waals surface area contributed by atoms with Gasteiger partial charge in [-0.2, -0.15) is 0 Å². The Morgan fingerprint density at radius 3 is 2.58 bits per heavy atom. The normalized spacial score (nSPS) is 13.1. The van der Waals surface area contributed by atoms with E-state index in [1.807, 2.05) is 0 Å². The molecule has 1 aromatic carbocycles. The first-order valence-corrected chi connectivity index (χ1v) is 7.61. The molecule has 1 aromatic rings. The number of nitrogens with one attached hydrogen (secondary N) is 1. The first-order valence-electron chi connectivity index (χ1n) is 6.11. The molecule has 1 unspecified atom stereocenters. The second-order valence-electron chi connectivity index (χ2n) is 5.54. The van der Waals surface area contributed by atoms with Gasteiger partial charge in [0.1, 0.15) is 5.75 Å². The molecule has 0 aromatic heterocycles. The molecule has 19 heavy (non-hydrogen) atoms. The lowest BCUT2D eigenvalue weighted by molar-refractivity contribution is 0.0900. The Kier molecular flexibility index (Phi) is 5.68. The number of carbonyl (C=O) groups excluding carboxylic acids is 1. The summed E-state index contributed by atoms with van der Waals surface area (Å²) in [5, 5.41) is 13.4. The number of amides is 1. The monoisotopic (exact) mass is 347 g/mol. The maximum absolute atomic E-state index is 12.2. The maximum atomic E-state index is 12.2. The van der Waals surface area contributed by atoms with Gasteiger partial charge in [0.15, 0.2) is 0 Å². The van der Waals surface area contributed by atoms with Gasteiger partial charge in [-0.3, -0.25) is 4.79 Å². The van der Waals surface area contributed by atoms with Gasteiger partial charge in [0, 0.05) is 16.9 Å². The molecule has 0 aliphatic rings. The van der Waals surface area contributed by atoms with Crippen LogP contribution in [0.1, 0.15) is 37.6 Å². The highest BCUT2D eigenvalue weighted by Gasteiger charge is 2.26. The van der Waals surface area contributed by atoms with Crippen LogP contribution >= 0.6 is 27.5 Å². The number of aromatic hydroxyl groups is 1. The Hall–Kier alpha value is -0.740. The minimum Gasteiger partial charge on any atom is -0.506 e. The zero-order chi connectivity index (χ0) is 14.6. The molecule has 0 aliphatic carbocycles. The summed E-state index contributed by atoms with van der Waals surface area (Å²) < 4.78 is 0. The standard InChI is InChI=1S/C14H19BrClNO2/c1-14(2,3)12(6-7-15)17-13(19)9-4-5-11(18)10(16)8-9/h4-5,8,12,18H,6-7H2,1-3H3,(H,17,19). The fourth-order valence-corrected chi connectivity index (χ4v) is 2.36. The SMILES string of the molecule is CC(C)(C)C(CCBr)NC(=O)c1ccc(O)c(Cl)c1. The molecule has 0 fully saturated rings. The molecule has 5 heteroatoms. The molecule has 0 saturated carbocycles. The summed E-state index contributed by atoms with van der Waals surface area (Å²) in [5.41, 5.74) is 0.427. The van der Waals surface area contributed by atoms with E-state index in [0.29, 0.717) is 5.56 Å². The molecule has 0 heterocycles. The van der Waals surface area contributed by atoms with Crippen molar-refractivity contribution >= 4 is 33.4 Å². The van der Waals surface area contributed by atoms with Gasteiger partial charge in [0.25, 0.3) is 5.91 Å². The lowest BCUT2D eigenvalue weighted by Crippen LogP contribution is -2.44. The van der Waals surface area contributed by atoms with Crippen molar-refractivity contribution in [2.45, 2.75) is 33.2 Å². The minimum absolute atomic E-state index is 0.0222. The molecular weight excluding hydrogens is 330 g/mol. The van der Waals surface area contributed by atoms with Crippen LogP contribution in [0.15, 0.2) is 18.2 Å². The Morgan fingerprint density at radius 1 is 1.47 bits per heavy atom. The number of hydrogen-bond acceptors (Lipinski definition) is 2. The van der Waals surface area contributed by atoms with Crippen LogP contribution in [-0.4, -0.2) is 22.4 Å². The van der Waals surface area contributed by atoms with Crippen LogP contribution < -0.4 is 5.32 Å². The zero-order valence-electron chi connectivity index (χ0n) is 11.3. The number of hydrogen-bond donors (Lipinski definition) is 2. The molecule has 0 aliphatic heterocycles. The van der Waals surface area contributed by atoms with E-state index < -0.39 is 0 Å². The second kappa shape index (κ2) is 6.62. The van der Waals surface area contributed by atoms with Crippen molar-refractivity contribution in [3.8, 4) is 5.75 Å². The summed E-state index contributed by atoms with van der Waals surface area (Å²) in [6, 6.07) is 4.52. The number of phenolic OH excluding ortho intramolecular Hbond substituents is 1. The van der Waals surface area contributed by atoms with Crippen molar-refractivity contribution in [2.24, 2.45) is 5.41 Å². The van der Waals surface area contributed by atoms with Gasteiger partial charge < -0.3 is 10.4 Å². The van der Waals surface area contributed by atoms with Crippen molar-refractivity contribution in [3.63, 3.8) is 0 Å². The molecule has 1 rings (SSSR count). The number of halogens is 2. The molecular formula is C14H19BrClNO2. The van der Waals surface area contributed by atoms with Crippen LogP contribution in [0.2, 0.25) is 5.02 Å². The van der Waals surface area contributed by atoms with E-state index in [2.05, 4.69) is 42.0 Å². The summed E-state index contributed by atoms with van der Waals surface area (Å²) in [4.78, 5) is 12.2. The van der Waals surface area contributed by atoms with Gasteiger partial charge in [0.05, 0.1) is 5.02 Å². The first-order chi connectivity index (χ1) is 8.75. The highest BCUT2D eigenvalue weighted by molar-refractivity contribution is 9.09. The molecule has 0 bridgehead atoms. The summed E-state index contributed by atoms with van der Waals surface area (Å²) in [6.07, 6.45) is 0.848. The fourth-order valence-electron chi connectivity index (χ4n) is 1.72. The third kappa shape index (κ3) is 4.69. The van der Waals surface area contributed by atoms with Crippen LogP contribution in [-0.2, 0) is 0 Å². The van der Waals surface area contributed by atoms with E-state index in [1.165, 1.54) is 12.1 Å². The number of benzene rings is 1. The van der Waals surface area contributed by atoms with Crippen LogP contribution in [0.3, 0.4) is 0 Å². The summed E-state index contributed by atoms with van der Waals surface area (Å²) in [6.45, 7) is 6.26. The lowest BCUT2D eigenvalue weighted by Gasteiger charge is -2.31. The van der Waals surface area contributed by atoms with E-state index in [9.17, 15) is 9.90 Å². The predicted octanol–water partition coefficient (Wildman–Crippen LogP) is 3.98. The third-order valence-corrected chi connectivity index (χ3v) is 3.72. The fraction of sp³-hybridized carbons (Fsp3) is 0.500. The second-order valence-corrected chi connectivity index (χ2v) is 6.74. The van der Waals surface area contributed by atoms with Crippen molar-refractivity contribution < 1.29 is 9.90 Å². The van der Waals surface area contributed by atoms with Crippen molar-refractivity contribution in [1.82, 2.24) is 5.32 Å². The van der Waals surface area contributed by atoms with Crippen LogP contribution in [0.4, 0.5) is 0 Å². The van der Waals surface area contributed by atoms with E-state index in [0.717, 1.165) is 11.8 Å². The van der Waals surface area contributed by atoms with Gasteiger partial charge in [-0.15, -0.1) is 0 Å². The molecule has 2 N–H and O–H groups in total. The summed E-state index contributed by atoms with van der Waals surface area (Å²) in [5.74, 6) is -0.200. The third-order valence-electron chi connectivity index (χ3n) is 2.96. The number of phenols is 1. The average molecular weight is 349 g/mol. The van der Waals surface area contributed by atoms with E-state index in [1.54, 1.807) is 6.07 Å². The van der Waals surface area contributed by atoms with E-state index in [-0.39, 0.29) is 28.1 Å². The molecule has 0 saturated heterocycles. The molecule has 0 spiro atoms. The highest BCUT2D eigenvalue weighted by atomic mass is 79.9. The Morgan fingerprint density at radius 2 is 2.11 bits per heavy atom. The lowest BCUT2D eigenvalue weighted by atomic mass is 9.85. The van der Waals surface area contributed by atoms with Gasteiger partial charge in [-0.25, -0.2) is 0 Å². The van der Waals surface area contributed by atoms with Gasteiger partial charge in [0.2, 0.25) is 0 Å². The maximum Gasteiger partial charge on any atom is 0.251 e. The molecule has 1 atom stereocenters. The Labute approximate surface area is 127 Å². The smallest absolute Gasteiger partial charge is 0.251 e. The predicted molar refractivity (Wildman–Crippen MR) is 82.2 cm³/mol. The van der Waals surface area contributed by atoms with E-state index in [4.69, 9.17) is 11.6 Å². The topological polar surface area (TPSA) is 49.3 Å². The van der Waals surface area contributed by atoms with Crippen molar-refractivity contribution in [2.75, 3.05) is 5.33 Å². The van der Waals surface area contributed by atoms with Gasteiger partial charge in [-0.1, -0.05) is 48.3 Å². The number of alkyl halides is 1. The van der Waals surface area contributed by atoms with Gasteiger partial charge in [-0.05, 0) is 30.0 Å². The number of rotatable bonds is 4. The molecule has 106 valence electrons. The van der Waals surface area contributed by atoms with Gasteiger partial charge >= 0.3 is 0 Å². The highest BCUT2D eigenvalue weighted by Crippen LogP contribution is 2.25. The average Bonchev–Trinajstić information content (AvgIpc) is 2.30.